The summed E-state index contributed by atoms with van der Waals surface area (Å²) < 4.78 is 0. The quantitative estimate of drug-likeness (QED) is 0.819. The summed E-state index contributed by atoms with van der Waals surface area (Å²) in [5, 5.41) is 0. The van der Waals surface area contributed by atoms with Crippen molar-refractivity contribution in [3.05, 3.63) is 18.0 Å². The second-order valence-electron chi connectivity index (χ2n) is 4.81. The maximum Gasteiger partial charge on any atom is 0.225 e. The maximum absolute atomic E-state index is 5.76. The van der Waals surface area contributed by atoms with Gasteiger partial charge in [-0.2, -0.15) is 11.8 Å². The van der Waals surface area contributed by atoms with Crippen molar-refractivity contribution in [2.75, 3.05) is 24.0 Å². The van der Waals surface area contributed by atoms with Gasteiger partial charge in [0.15, 0.2) is 0 Å². The number of rotatable bonds is 7. The van der Waals surface area contributed by atoms with Crippen LogP contribution in [0.3, 0.4) is 0 Å². The lowest BCUT2D eigenvalue weighted by Crippen LogP contribution is -2.31. The van der Waals surface area contributed by atoms with E-state index in [1.807, 2.05) is 38.1 Å². The minimum absolute atomic E-state index is 0.151. The standard InChI is InChI=1S/C13H24N4S/c1-10(14)7-12-8-15-13(16-9-12)17(3)11(2)5-6-18-4/h8-11H,5-7,14H2,1-4H3. The van der Waals surface area contributed by atoms with Crippen LogP contribution in [0.1, 0.15) is 25.8 Å². The third-order valence-corrected chi connectivity index (χ3v) is 3.61. The van der Waals surface area contributed by atoms with Crippen LogP contribution in [0, 0.1) is 0 Å². The molecule has 0 aromatic carbocycles. The fraction of sp³-hybridized carbons (Fsp3) is 0.692. The number of nitrogens with two attached hydrogens (primary N) is 1. The molecular formula is C13H24N4S. The molecule has 2 N–H and O–H groups in total. The highest BCUT2D eigenvalue weighted by molar-refractivity contribution is 7.98. The van der Waals surface area contributed by atoms with E-state index in [1.54, 1.807) is 0 Å². The molecule has 0 aliphatic rings. The van der Waals surface area contributed by atoms with Gasteiger partial charge in [0.1, 0.15) is 0 Å². The molecule has 4 nitrogen and oxygen atoms in total. The number of hydrogen-bond donors (Lipinski definition) is 1. The molecule has 1 rings (SSSR count). The van der Waals surface area contributed by atoms with Gasteiger partial charge in [0.25, 0.3) is 0 Å². The Balaban J connectivity index is 2.60. The Morgan fingerprint density at radius 1 is 1.33 bits per heavy atom. The van der Waals surface area contributed by atoms with E-state index in [4.69, 9.17) is 5.73 Å². The van der Waals surface area contributed by atoms with Gasteiger partial charge in [0.05, 0.1) is 0 Å². The normalized spacial score (nSPS) is 14.3. The topological polar surface area (TPSA) is 55.0 Å². The van der Waals surface area contributed by atoms with Gasteiger partial charge in [-0.3, -0.25) is 0 Å². The van der Waals surface area contributed by atoms with Gasteiger partial charge in [0.2, 0.25) is 5.95 Å². The van der Waals surface area contributed by atoms with E-state index in [9.17, 15) is 0 Å². The van der Waals surface area contributed by atoms with E-state index in [0.29, 0.717) is 6.04 Å². The Kier molecular flexibility index (Phi) is 6.43. The van der Waals surface area contributed by atoms with Crippen LogP contribution in [-0.4, -0.2) is 41.1 Å². The van der Waals surface area contributed by atoms with Crippen molar-refractivity contribution in [3.8, 4) is 0 Å². The van der Waals surface area contributed by atoms with Gasteiger partial charge in [-0.1, -0.05) is 0 Å². The van der Waals surface area contributed by atoms with E-state index >= 15 is 0 Å². The SMILES string of the molecule is CSCCC(C)N(C)c1ncc(CC(C)N)cn1. The van der Waals surface area contributed by atoms with Crippen LogP contribution >= 0.6 is 11.8 Å². The van der Waals surface area contributed by atoms with Crippen molar-refractivity contribution in [1.82, 2.24) is 9.97 Å². The predicted octanol–water partition coefficient (Wildman–Crippen LogP) is 1.94. The fourth-order valence-corrected chi connectivity index (χ4v) is 2.26. The van der Waals surface area contributed by atoms with Crippen molar-refractivity contribution in [3.63, 3.8) is 0 Å². The highest BCUT2D eigenvalue weighted by Crippen LogP contribution is 2.13. The number of anilines is 1. The number of nitrogens with zero attached hydrogens (tertiary/aromatic N) is 3. The maximum atomic E-state index is 5.76. The van der Waals surface area contributed by atoms with Gasteiger partial charge < -0.3 is 10.6 Å². The van der Waals surface area contributed by atoms with Crippen molar-refractivity contribution < 1.29 is 0 Å². The molecule has 0 radical (unpaired) electrons. The molecule has 2 atom stereocenters. The molecule has 0 spiro atoms. The second kappa shape index (κ2) is 7.59. The van der Waals surface area contributed by atoms with Crippen LogP contribution in [0.4, 0.5) is 5.95 Å². The van der Waals surface area contributed by atoms with E-state index < -0.39 is 0 Å². The van der Waals surface area contributed by atoms with Crippen LogP contribution in [0.15, 0.2) is 12.4 Å². The van der Waals surface area contributed by atoms with E-state index in [-0.39, 0.29) is 6.04 Å². The lowest BCUT2D eigenvalue weighted by atomic mass is 10.1. The zero-order chi connectivity index (χ0) is 13.5. The summed E-state index contributed by atoms with van der Waals surface area (Å²) in [4.78, 5) is 11.0. The molecule has 5 heteroatoms. The summed E-state index contributed by atoms with van der Waals surface area (Å²) >= 11 is 1.87. The van der Waals surface area contributed by atoms with Crippen molar-refractivity contribution >= 4 is 17.7 Å². The van der Waals surface area contributed by atoms with Crippen molar-refractivity contribution in [2.24, 2.45) is 5.73 Å². The predicted molar refractivity (Wildman–Crippen MR) is 80.2 cm³/mol. The largest absolute Gasteiger partial charge is 0.341 e. The first kappa shape index (κ1) is 15.2. The summed E-state index contributed by atoms with van der Waals surface area (Å²) in [5.74, 6) is 1.95. The smallest absolute Gasteiger partial charge is 0.225 e. The molecule has 1 aromatic heterocycles. The molecule has 1 heterocycles. The first-order valence-corrected chi connectivity index (χ1v) is 7.72. The van der Waals surface area contributed by atoms with Crippen molar-refractivity contribution in [1.29, 1.82) is 0 Å². The summed E-state index contributed by atoms with van der Waals surface area (Å²) in [6, 6.07) is 0.606. The van der Waals surface area contributed by atoms with Crippen molar-refractivity contribution in [2.45, 2.75) is 38.8 Å². The first-order valence-electron chi connectivity index (χ1n) is 6.32. The number of thioether (sulfide) groups is 1. The fourth-order valence-electron chi connectivity index (χ4n) is 1.69. The zero-order valence-corrected chi connectivity index (χ0v) is 12.6. The highest BCUT2D eigenvalue weighted by Gasteiger charge is 2.12. The lowest BCUT2D eigenvalue weighted by molar-refractivity contribution is 0.651. The van der Waals surface area contributed by atoms with Gasteiger partial charge >= 0.3 is 0 Å². The summed E-state index contributed by atoms with van der Waals surface area (Å²) in [7, 11) is 2.05. The van der Waals surface area contributed by atoms with Gasteiger partial charge in [-0.15, -0.1) is 0 Å². The number of hydrogen-bond acceptors (Lipinski definition) is 5. The van der Waals surface area contributed by atoms with Gasteiger partial charge in [-0.05, 0) is 44.3 Å². The van der Waals surface area contributed by atoms with E-state index in [2.05, 4.69) is 28.0 Å². The molecule has 0 saturated heterocycles. The third-order valence-electron chi connectivity index (χ3n) is 2.97. The molecule has 0 saturated carbocycles. The zero-order valence-electron chi connectivity index (χ0n) is 11.8. The Morgan fingerprint density at radius 3 is 2.44 bits per heavy atom. The van der Waals surface area contributed by atoms with Gasteiger partial charge in [-0.25, -0.2) is 9.97 Å². The molecule has 0 amide bonds. The Hall–Kier alpha value is -0.810. The van der Waals surface area contributed by atoms with Crippen LogP contribution in [-0.2, 0) is 6.42 Å². The molecule has 102 valence electrons. The average Bonchev–Trinajstić information content (AvgIpc) is 2.35. The molecule has 0 bridgehead atoms. The van der Waals surface area contributed by atoms with Crippen LogP contribution in [0.25, 0.3) is 0 Å². The molecule has 18 heavy (non-hydrogen) atoms. The number of aromatic nitrogens is 2. The van der Waals surface area contributed by atoms with E-state index in [0.717, 1.165) is 30.1 Å². The monoisotopic (exact) mass is 268 g/mol. The summed E-state index contributed by atoms with van der Waals surface area (Å²) in [5.41, 5.74) is 6.85. The van der Waals surface area contributed by atoms with Crippen LogP contribution in [0.5, 0.6) is 0 Å². The highest BCUT2D eigenvalue weighted by atomic mass is 32.2. The lowest BCUT2D eigenvalue weighted by Gasteiger charge is -2.24. The Bertz CT molecular complexity index is 339. The van der Waals surface area contributed by atoms with Gasteiger partial charge in [0, 0.05) is 31.5 Å². The minimum Gasteiger partial charge on any atom is -0.341 e. The second-order valence-corrected chi connectivity index (χ2v) is 5.80. The molecular weight excluding hydrogens is 244 g/mol. The minimum atomic E-state index is 0.151. The summed E-state index contributed by atoms with van der Waals surface area (Å²) in [6.45, 7) is 4.19. The third kappa shape index (κ3) is 4.82. The van der Waals surface area contributed by atoms with Crippen LogP contribution in [0.2, 0.25) is 0 Å². The van der Waals surface area contributed by atoms with E-state index in [1.165, 1.54) is 0 Å². The molecule has 0 aliphatic heterocycles. The van der Waals surface area contributed by atoms with Crippen LogP contribution < -0.4 is 10.6 Å². The molecule has 1 aromatic rings. The molecule has 2 unspecified atom stereocenters. The molecule has 0 aliphatic carbocycles. The Labute approximate surface area is 114 Å². The molecule has 0 fully saturated rings. The first-order chi connectivity index (χ1) is 8.54. The Morgan fingerprint density at radius 2 is 1.94 bits per heavy atom. The average molecular weight is 268 g/mol. The summed E-state index contributed by atoms with van der Waals surface area (Å²) in [6.07, 6.45) is 7.85.